The largest absolute Gasteiger partial charge is 0.309 e. The van der Waals surface area contributed by atoms with Gasteiger partial charge in [-0.15, -0.1) is 0 Å². The van der Waals surface area contributed by atoms with E-state index < -0.39 is 0 Å². The van der Waals surface area contributed by atoms with Crippen LogP contribution in [0.2, 0.25) is 0 Å². The summed E-state index contributed by atoms with van der Waals surface area (Å²) >= 11 is 0. The summed E-state index contributed by atoms with van der Waals surface area (Å²) in [6.07, 6.45) is 0. The molecular formula is C22H21N5. The lowest BCUT2D eigenvalue weighted by Gasteiger charge is -2.19. The number of rotatable bonds is 3. The predicted molar refractivity (Wildman–Crippen MR) is 110 cm³/mol. The van der Waals surface area contributed by atoms with E-state index in [1.54, 1.807) is 0 Å². The third-order valence-electron chi connectivity index (χ3n) is 5.11. The van der Waals surface area contributed by atoms with Crippen molar-refractivity contribution < 1.29 is 0 Å². The van der Waals surface area contributed by atoms with Crippen LogP contribution in [0.1, 0.15) is 13.8 Å². The van der Waals surface area contributed by atoms with Crippen molar-refractivity contribution in [2.75, 3.05) is 11.7 Å². The fraction of sp³-hybridized carbons (Fsp3) is 0.182. The van der Waals surface area contributed by atoms with Crippen LogP contribution in [0.4, 0.5) is 5.69 Å². The molecule has 0 saturated heterocycles. The van der Waals surface area contributed by atoms with Crippen molar-refractivity contribution in [1.82, 2.24) is 9.58 Å². The summed E-state index contributed by atoms with van der Waals surface area (Å²) in [5, 5.41) is 15.0. The third-order valence-corrected chi connectivity index (χ3v) is 5.11. The number of fused-ring (bicyclic) bond motifs is 3. The summed E-state index contributed by atoms with van der Waals surface area (Å²) in [7, 11) is 0. The third kappa shape index (κ3) is 2.54. The zero-order valence-electron chi connectivity index (χ0n) is 15.4. The van der Waals surface area contributed by atoms with Gasteiger partial charge in [-0.1, -0.05) is 41.6 Å². The van der Waals surface area contributed by atoms with Crippen molar-refractivity contribution >= 4 is 27.5 Å². The average molecular weight is 355 g/mol. The Labute approximate surface area is 158 Å². The summed E-state index contributed by atoms with van der Waals surface area (Å²) in [4.78, 5) is 0. The fourth-order valence-corrected chi connectivity index (χ4v) is 3.67. The molecule has 0 bridgehead atoms. The van der Waals surface area contributed by atoms with E-state index in [0.29, 0.717) is 12.7 Å². The van der Waals surface area contributed by atoms with Crippen molar-refractivity contribution in [2.24, 2.45) is 10.4 Å². The Balaban J connectivity index is 1.68. The van der Waals surface area contributed by atoms with Crippen molar-refractivity contribution in [3.63, 3.8) is 0 Å². The highest BCUT2D eigenvalue weighted by molar-refractivity contribution is 6.10. The smallest absolute Gasteiger partial charge is 0.132 e. The summed E-state index contributed by atoms with van der Waals surface area (Å²) in [5.74, 6) is 0. The molecule has 0 spiro atoms. The Hall–Kier alpha value is -3.34. The zero-order chi connectivity index (χ0) is 18.4. The van der Waals surface area contributed by atoms with E-state index in [4.69, 9.17) is 0 Å². The van der Waals surface area contributed by atoms with Crippen LogP contribution in [0, 0.1) is 0 Å². The lowest BCUT2D eigenvalue weighted by molar-refractivity contribution is 0.255. The van der Waals surface area contributed by atoms with E-state index in [1.165, 1.54) is 27.5 Å². The van der Waals surface area contributed by atoms with Gasteiger partial charge < -0.3 is 4.57 Å². The van der Waals surface area contributed by atoms with Crippen molar-refractivity contribution in [1.29, 1.82) is 0 Å². The molecule has 0 radical (unpaired) electrons. The lowest BCUT2D eigenvalue weighted by Crippen LogP contribution is -2.29. The first kappa shape index (κ1) is 15.9. The Morgan fingerprint density at radius 2 is 1.48 bits per heavy atom. The Bertz CT molecular complexity index is 1140. The molecule has 3 aromatic carbocycles. The molecule has 4 aromatic rings. The molecule has 1 aliphatic heterocycles. The van der Waals surface area contributed by atoms with E-state index >= 15 is 0 Å². The van der Waals surface area contributed by atoms with E-state index in [1.807, 2.05) is 16.1 Å². The summed E-state index contributed by atoms with van der Waals surface area (Å²) in [5.41, 5.74) is 4.64. The maximum Gasteiger partial charge on any atom is 0.132 e. The molecule has 5 nitrogen and oxygen atoms in total. The molecule has 0 aliphatic carbocycles. The molecule has 0 saturated carbocycles. The monoisotopic (exact) mass is 355 g/mol. The predicted octanol–water partition coefficient (Wildman–Crippen LogP) is 5.55. The number of anilines is 1. The highest BCUT2D eigenvalue weighted by Gasteiger charge is 2.21. The van der Waals surface area contributed by atoms with Gasteiger partial charge in [0.05, 0.1) is 16.7 Å². The molecule has 0 atom stereocenters. The second-order valence-electron chi connectivity index (χ2n) is 7.14. The molecule has 0 N–H and O–H groups in total. The van der Waals surface area contributed by atoms with Crippen molar-refractivity contribution in [3.05, 3.63) is 72.8 Å². The standard InChI is InChI=1S/C22H21N5/c1-16(2)25-15-26(24-23-25)18-12-13-22-20(14-18)19-10-6-7-11-21(19)27(22)17-8-4-3-5-9-17/h3-14,16H,15H2,1-2H3. The summed E-state index contributed by atoms with van der Waals surface area (Å²) in [6, 6.07) is 25.9. The number of aromatic nitrogens is 1. The van der Waals surface area contributed by atoms with Gasteiger partial charge in [-0.3, -0.25) is 5.01 Å². The lowest BCUT2D eigenvalue weighted by atomic mass is 10.1. The van der Waals surface area contributed by atoms with Gasteiger partial charge >= 0.3 is 0 Å². The van der Waals surface area contributed by atoms with Gasteiger partial charge in [0.15, 0.2) is 0 Å². The van der Waals surface area contributed by atoms with Crippen LogP contribution >= 0.6 is 0 Å². The molecule has 134 valence electrons. The van der Waals surface area contributed by atoms with Gasteiger partial charge in [-0.2, -0.15) is 0 Å². The number of benzene rings is 3. The number of hydrogen-bond acceptors (Lipinski definition) is 4. The first-order valence-electron chi connectivity index (χ1n) is 9.27. The first-order chi connectivity index (χ1) is 13.2. The summed E-state index contributed by atoms with van der Waals surface area (Å²) < 4.78 is 2.32. The number of para-hydroxylation sites is 2. The highest BCUT2D eigenvalue weighted by Crippen LogP contribution is 2.35. The Morgan fingerprint density at radius 3 is 2.26 bits per heavy atom. The van der Waals surface area contributed by atoms with Gasteiger partial charge in [0.25, 0.3) is 0 Å². The van der Waals surface area contributed by atoms with Gasteiger partial charge in [-0.05, 0) is 55.5 Å². The Morgan fingerprint density at radius 1 is 0.741 bits per heavy atom. The summed E-state index contributed by atoms with van der Waals surface area (Å²) in [6.45, 7) is 4.93. The van der Waals surface area contributed by atoms with E-state index in [2.05, 4.69) is 95.6 Å². The Kier molecular flexibility index (Phi) is 3.60. The minimum absolute atomic E-state index is 0.336. The minimum Gasteiger partial charge on any atom is -0.309 e. The second kappa shape index (κ2) is 6.13. The van der Waals surface area contributed by atoms with Crippen LogP contribution in [-0.2, 0) is 0 Å². The van der Waals surface area contributed by atoms with Crippen LogP contribution in [0.15, 0.2) is 83.2 Å². The van der Waals surface area contributed by atoms with Crippen LogP contribution in [0.5, 0.6) is 0 Å². The van der Waals surface area contributed by atoms with Crippen LogP contribution in [-0.4, -0.2) is 22.3 Å². The highest BCUT2D eigenvalue weighted by atomic mass is 15.8. The van der Waals surface area contributed by atoms with E-state index in [0.717, 1.165) is 5.69 Å². The van der Waals surface area contributed by atoms with Crippen molar-refractivity contribution in [3.8, 4) is 5.69 Å². The normalized spacial score (nSPS) is 14.2. The van der Waals surface area contributed by atoms with Crippen LogP contribution in [0.25, 0.3) is 27.5 Å². The molecule has 0 amide bonds. The van der Waals surface area contributed by atoms with Gasteiger partial charge in [-0.25, -0.2) is 5.01 Å². The fourth-order valence-electron chi connectivity index (χ4n) is 3.67. The number of hydrogen-bond donors (Lipinski definition) is 0. The van der Waals surface area contributed by atoms with Gasteiger partial charge in [0.1, 0.15) is 6.67 Å². The molecule has 2 heterocycles. The average Bonchev–Trinajstić information content (AvgIpc) is 3.32. The molecule has 27 heavy (non-hydrogen) atoms. The molecule has 5 heteroatoms. The quantitative estimate of drug-likeness (QED) is 0.483. The zero-order valence-corrected chi connectivity index (χ0v) is 15.4. The van der Waals surface area contributed by atoms with Crippen LogP contribution < -0.4 is 5.01 Å². The molecule has 0 fully saturated rings. The number of nitrogens with zero attached hydrogens (tertiary/aromatic N) is 5. The topological polar surface area (TPSA) is 36.1 Å². The maximum absolute atomic E-state index is 4.34. The molecule has 5 rings (SSSR count). The maximum atomic E-state index is 4.34. The van der Waals surface area contributed by atoms with E-state index in [-0.39, 0.29) is 0 Å². The minimum atomic E-state index is 0.336. The van der Waals surface area contributed by atoms with Gasteiger partial charge in [0.2, 0.25) is 0 Å². The molecular weight excluding hydrogens is 334 g/mol. The molecule has 0 unspecified atom stereocenters. The first-order valence-corrected chi connectivity index (χ1v) is 9.27. The van der Waals surface area contributed by atoms with E-state index in [9.17, 15) is 0 Å². The SMILES string of the molecule is CC(C)N1CN(c2ccc3c(c2)c2ccccc2n3-c2ccccc2)N=N1. The van der Waals surface area contributed by atoms with Crippen LogP contribution in [0.3, 0.4) is 0 Å². The van der Waals surface area contributed by atoms with Crippen molar-refractivity contribution in [2.45, 2.75) is 19.9 Å². The molecule has 1 aliphatic rings. The molecule has 1 aromatic heterocycles. The van der Waals surface area contributed by atoms with Gasteiger partial charge in [0, 0.05) is 22.5 Å². The second-order valence-corrected chi connectivity index (χ2v) is 7.14.